The summed E-state index contributed by atoms with van der Waals surface area (Å²) in [6.45, 7) is 2.26. The molecule has 0 aliphatic heterocycles. The van der Waals surface area contributed by atoms with Gasteiger partial charge in [0.2, 0.25) is 5.91 Å². The predicted octanol–water partition coefficient (Wildman–Crippen LogP) is 5.65. The smallest absolute Gasteiger partial charge is 0.328 e. The summed E-state index contributed by atoms with van der Waals surface area (Å²) < 4.78 is 4.80. The second kappa shape index (κ2) is 18.6. The predicted molar refractivity (Wildman–Crippen MR) is 126 cm³/mol. The van der Waals surface area contributed by atoms with Crippen LogP contribution in [0, 0.1) is 0 Å². The van der Waals surface area contributed by atoms with E-state index < -0.39 is 12.0 Å². The van der Waals surface area contributed by atoms with E-state index in [1.54, 1.807) is 12.5 Å². The number of carbonyl (C=O) groups is 2. The number of esters is 1. The summed E-state index contributed by atoms with van der Waals surface area (Å²) >= 11 is 0. The average molecular weight is 434 g/mol. The first-order chi connectivity index (χ1) is 15.2. The zero-order valence-corrected chi connectivity index (χ0v) is 19.7. The van der Waals surface area contributed by atoms with E-state index in [0.29, 0.717) is 12.8 Å². The second-order valence-electron chi connectivity index (χ2n) is 8.26. The van der Waals surface area contributed by atoms with Crippen LogP contribution in [0.2, 0.25) is 0 Å². The molecule has 0 radical (unpaired) electrons. The van der Waals surface area contributed by atoms with Crippen LogP contribution >= 0.6 is 0 Å². The summed E-state index contributed by atoms with van der Waals surface area (Å²) in [5.41, 5.74) is 0.789. The molecule has 1 aromatic heterocycles. The number of nitrogens with zero attached hydrogens (tertiary/aromatic N) is 1. The molecule has 0 fully saturated rings. The number of H-pyrrole nitrogens is 1. The zero-order valence-electron chi connectivity index (χ0n) is 19.7. The Morgan fingerprint density at radius 1 is 1.00 bits per heavy atom. The summed E-state index contributed by atoms with van der Waals surface area (Å²) in [5, 5.41) is 2.79. The van der Waals surface area contributed by atoms with E-state index in [1.165, 1.54) is 64.9 Å². The molecule has 176 valence electrons. The fourth-order valence-electron chi connectivity index (χ4n) is 3.57. The standard InChI is InChI=1S/C25H43N3O3/c1-3-4-5-6-7-8-9-10-11-12-13-14-15-16-17-18-24(29)28-23(25(30)31-2)19-22-20-26-21-27-22/h10-11,20-21,23H,3-9,12-19H2,1-2H3,(H,26,27)(H,28,29)/b11-10-/t23-/m1/s1. The van der Waals surface area contributed by atoms with E-state index in [2.05, 4.69) is 34.4 Å². The number of ether oxygens (including phenoxy) is 1. The van der Waals surface area contributed by atoms with Gasteiger partial charge in [0.1, 0.15) is 6.04 Å². The molecule has 0 aromatic carbocycles. The number of nitrogens with one attached hydrogen (secondary N) is 2. The molecule has 1 aromatic rings. The number of aromatic nitrogens is 2. The van der Waals surface area contributed by atoms with Crippen LogP contribution in [-0.2, 0) is 20.7 Å². The van der Waals surface area contributed by atoms with Crippen molar-refractivity contribution in [2.45, 2.75) is 109 Å². The molecule has 2 N–H and O–H groups in total. The van der Waals surface area contributed by atoms with Crippen LogP contribution in [0.1, 0.15) is 103 Å². The van der Waals surface area contributed by atoms with Crippen LogP contribution in [-0.4, -0.2) is 35.0 Å². The van der Waals surface area contributed by atoms with Crippen LogP contribution in [0.3, 0.4) is 0 Å². The zero-order chi connectivity index (χ0) is 22.6. The summed E-state index contributed by atoms with van der Waals surface area (Å²) in [5.74, 6) is -0.542. The van der Waals surface area contributed by atoms with Gasteiger partial charge in [-0.25, -0.2) is 9.78 Å². The minimum atomic E-state index is -0.680. The van der Waals surface area contributed by atoms with E-state index in [9.17, 15) is 9.59 Å². The number of aromatic amines is 1. The normalized spacial score (nSPS) is 12.2. The van der Waals surface area contributed by atoms with Crippen molar-refractivity contribution in [2.24, 2.45) is 0 Å². The van der Waals surface area contributed by atoms with Gasteiger partial charge in [0.05, 0.1) is 13.4 Å². The van der Waals surface area contributed by atoms with Crippen LogP contribution in [0.5, 0.6) is 0 Å². The highest BCUT2D eigenvalue weighted by molar-refractivity contribution is 5.84. The number of hydrogen-bond acceptors (Lipinski definition) is 4. The van der Waals surface area contributed by atoms with Crippen molar-refractivity contribution in [3.05, 3.63) is 30.4 Å². The molecule has 0 saturated heterocycles. The van der Waals surface area contributed by atoms with Crippen molar-refractivity contribution < 1.29 is 14.3 Å². The number of methoxy groups -OCH3 is 1. The van der Waals surface area contributed by atoms with Gasteiger partial charge in [-0.3, -0.25) is 4.79 Å². The van der Waals surface area contributed by atoms with Gasteiger partial charge in [-0.15, -0.1) is 0 Å². The van der Waals surface area contributed by atoms with Gasteiger partial charge in [-0.05, 0) is 32.1 Å². The molecule has 1 rings (SSSR count). The number of imidazole rings is 1. The van der Waals surface area contributed by atoms with Crippen molar-refractivity contribution in [2.75, 3.05) is 7.11 Å². The molecule has 6 heteroatoms. The van der Waals surface area contributed by atoms with E-state index in [0.717, 1.165) is 31.4 Å². The van der Waals surface area contributed by atoms with Crippen LogP contribution < -0.4 is 5.32 Å². The number of rotatable bonds is 19. The summed E-state index contributed by atoms with van der Waals surface area (Å²) in [6.07, 6.45) is 24.6. The average Bonchev–Trinajstić information content (AvgIpc) is 3.28. The first-order valence-electron chi connectivity index (χ1n) is 12.2. The van der Waals surface area contributed by atoms with Gasteiger partial charge in [0.25, 0.3) is 0 Å². The van der Waals surface area contributed by atoms with Gasteiger partial charge in [0, 0.05) is 24.7 Å². The van der Waals surface area contributed by atoms with E-state index in [4.69, 9.17) is 4.74 Å². The third-order valence-electron chi connectivity index (χ3n) is 5.47. The lowest BCUT2D eigenvalue weighted by molar-refractivity contribution is -0.145. The van der Waals surface area contributed by atoms with Crippen LogP contribution in [0.4, 0.5) is 0 Å². The maximum atomic E-state index is 12.2. The van der Waals surface area contributed by atoms with Crippen LogP contribution in [0.15, 0.2) is 24.7 Å². The lowest BCUT2D eigenvalue weighted by Gasteiger charge is -2.15. The fourth-order valence-corrected chi connectivity index (χ4v) is 3.57. The molecule has 6 nitrogen and oxygen atoms in total. The highest BCUT2D eigenvalue weighted by Gasteiger charge is 2.22. The van der Waals surface area contributed by atoms with Gasteiger partial charge in [0.15, 0.2) is 0 Å². The van der Waals surface area contributed by atoms with Crippen LogP contribution in [0.25, 0.3) is 0 Å². The molecule has 0 bridgehead atoms. The Morgan fingerprint density at radius 3 is 2.19 bits per heavy atom. The maximum Gasteiger partial charge on any atom is 0.328 e. The molecule has 0 spiro atoms. The summed E-state index contributed by atoms with van der Waals surface area (Å²) in [7, 11) is 1.33. The Bertz CT molecular complexity index is 599. The van der Waals surface area contributed by atoms with Gasteiger partial charge < -0.3 is 15.0 Å². The minimum absolute atomic E-state index is 0.104. The maximum absolute atomic E-state index is 12.2. The summed E-state index contributed by atoms with van der Waals surface area (Å²) in [6, 6.07) is -0.680. The quantitative estimate of drug-likeness (QED) is 0.168. The Balaban J connectivity index is 2.00. The van der Waals surface area contributed by atoms with Crippen molar-refractivity contribution >= 4 is 11.9 Å². The Hall–Kier alpha value is -2.11. The number of allylic oxidation sites excluding steroid dienone is 2. The number of amides is 1. The van der Waals surface area contributed by atoms with Gasteiger partial charge >= 0.3 is 5.97 Å². The number of hydrogen-bond donors (Lipinski definition) is 2. The summed E-state index contributed by atoms with van der Waals surface area (Å²) in [4.78, 5) is 31.0. The van der Waals surface area contributed by atoms with Crippen molar-refractivity contribution in [3.63, 3.8) is 0 Å². The highest BCUT2D eigenvalue weighted by atomic mass is 16.5. The Kier molecular flexibility index (Phi) is 16.2. The molecule has 31 heavy (non-hydrogen) atoms. The third kappa shape index (κ3) is 14.5. The molecule has 0 aliphatic rings. The SMILES string of the molecule is CCCCCCCC/C=C\CCCCCCCC(=O)N[C@H](Cc1cnc[nH]1)C(=O)OC. The van der Waals surface area contributed by atoms with Crippen molar-refractivity contribution in [1.82, 2.24) is 15.3 Å². The molecule has 1 heterocycles. The topological polar surface area (TPSA) is 84.1 Å². The lowest BCUT2D eigenvalue weighted by atomic mass is 10.1. The first-order valence-corrected chi connectivity index (χ1v) is 12.2. The second-order valence-corrected chi connectivity index (χ2v) is 8.26. The van der Waals surface area contributed by atoms with E-state index >= 15 is 0 Å². The van der Waals surface area contributed by atoms with Crippen molar-refractivity contribution in [3.8, 4) is 0 Å². The highest BCUT2D eigenvalue weighted by Crippen LogP contribution is 2.10. The Morgan fingerprint density at radius 2 is 1.61 bits per heavy atom. The minimum Gasteiger partial charge on any atom is -0.467 e. The fraction of sp³-hybridized carbons (Fsp3) is 0.720. The molecule has 0 unspecified atom stereocenters. The molecular weight excluding hydrogens is 390 g/mol. The van der Waals surface area contributed by atoms with E-state index in [-0.39, 0.29) is 5.91 Å². The molecule has 0 saturated carbocycles. The molecule has 1 amide bonds. The largest absolute Gasteiger partial charge is 0.467 e. The third-order valence-corrected chi connectivity index (χ3v) is 5.47. The first kappa shape index (κ1) is 26.9. The monoisotopic (exact) mass is 433 g/mol. The molecule has 1 atom stereocenters. The molecule has 0 aliphatic carbocycles. The van der Waals surface area contributed by atoms with Gasteiger partial charge in [-0.2, -0.15) is 0 Å². The number of carbonyl (C=O) groups excluding carboxylic acids is 2. The van der Waals surface area contributed by atoms with Gasteiger partial charge in [-0.1, -0.05) is 70.4 Å². The van der Waals surface area contributed by atoms with Crippen molar-refractivity contribution in [1.29, 1.82) is 0 Å². The van der Waals surface area contributed by atoms with E-state index in [1.807, 2.05) is 0 Å². The molecular formula is C25H43N3O3. The lowest BCUT2D eigenvalue weighted by Crippen LogP contribution is -2.43. The Labute approximate surface area is 188 Å². The number of unbranched alkanes of at least 4 members (excludes halogenated alkanes) is 11.